The predicted molar refractivity (Wildman–Crippen MR) is 120 cm³/mol. The third-order valence-electron chi connectivity index (χ3n) is 5.94. The summed E-state index contributed by atoms with van der Waals surface area (Å²) in [4.78, 5) is 32.3. The zero-order valence-electron chi connectivity index (χ0n) is 18.3. The molecule has 2 aromatic carbocycles. The lowest BCUT2D eigenvalue weighted by Crippen LogP contribution is -2.38. The molecule has 3 aromatic rings. The summed E-state index contributed by atoms with van der Waals surface area (Å²) in [7, 11) is 3.54. The average molecular weight is 421 g/mol. The van der Waals surface area contributed by atoms with Crippen LogP contribution in [0.2, 0.25) is 0 Å². The molecule has 31 heavy (non-hydrogen) atoms. The molecule has 2 unspecified atom stereocenters. The molecule has 4 rings (SSSR count). The summed E-state index contributed by atoms with van der Waals surface area (Å²) in [6, 6.07) is 15.1. The molecule has 7 heteroatoms. The van der Waals surface area contributed by atoms with Gasteiger partial charge in [0.25, 0.3) is 0 Å². The van der Waals surface area contributed by atoms with Gasteiger partial charge in [0.05, 0.1) is 35.8 Å². The van der Waals surface area contributed by atoms with E-state index in [1.807, 2.05) is 60.1 Å². The van der Waals surface area contributed by atoms with Crippen LogP contribution in [-0.2, 0) is 16.6 Å². The first-order valence-corrected chi connectivity index (χ1v) is 10.6. The molecule has 162 valence electrons. The molecular weight excluding hydrogens is 392 g/mol. The number of benzene rings is 2. The zero-order valence-corrected chi connectivity index (χ0v) is 18.3. The van der Waals surface area contributed by atoms with Gasteiger partial charge in [-0.2, -0.15) is 0 Å². The number of aromatic nitrogens is 2. The molecule has 2 amide bonds. The molecule has 0 saturated carbocycles. The maximum Gasteiger partial charge on any atom is 0.227 e. The van der Waals surface area contributed by atoms with Gasteiger partial charge in [0.15, 0.2) is 0 Å². The highest BCUT2D eigenvalue weighted by atomic mass is 16.5. The van der Waals surface area contributed by atoms with Gasteiger partial charge in [0.1, 0.15) is 11.6 Å². The fourth-order valence-electron chi connectivity index (χ4n) is 4.21. The zero-order chi connectivity index (χ0) is 22.1. The van der Waals surface area contributed by atoms with E-state index >= 15 is 0 Å². The monoisotopic (exact) mass is 420 g/mol. The molecule has 1 N–H and O–H groups in total. The number of rotatable bonds is 6. The fraction of sp³-hybridized carbons (Fsp3) is 0.375. The van der Waals surface area contributed by atoms with Gasteiger partial charge in [-0.15, -0.1) is 0 Å². The maximum absolute atomic E-state index is 13.2. The number of amides is 2. The van der Waals surface area contributed by atoms with Gasteiger partial charge < -0.3 is 19.5 Å². The summed E-state index contributed by atoms with van der Waals surface area (Å²) in [5.74, 6) is 0.951. The van der Waals surface area contributed by atoms with Crippen LogP contribution in [0.1, 0.15) is 32.1 Å². The number of methoxy groups -OCH3 is 1. The number of anilines is 1. The first kappa shape index (κ1) is 20.9. The summed E-state index contributed by atoms with van der Waals surface area (Å²) in [5.41, 5.74) is 2.62. The van der Waals surface area contributed by atoms with E-state index in [1.54, 1.807) is 12.0 Å². The van der Waals surface area contributed by atoms with E-state index < -0.39 is 5.92 Å². The Balaban J connectivity index is 1.55. The molecule has 0 radical (unpaired) electrons. The van der Waals surface area contributed by atoms with Gasteiger partial charge in [0.2, 0.25) is 11.8 Å². The van der Waals surface area contributed by atoms with E-state index in [2.05, 4.69) is 19.2 Å². The van der Waals surface area contributed by atoms with Gasteiger partial charge in [-0.3, -0.25) is 9.59 Å². The number of aryl methyl sites for hydroxylation is 1. The van der Waals surface area contributed by atoms with Crippen LogP contribution in [0.5, 0.6) is 5.75 Å². The van der Waals surface area contributed by atoms with Gasteiger partial charge in [-0.25, -0.2) is 4.98 Å². The Morgan fingerprint density at radius 3 is 2.58 bits per heavy atom. The summed E-state index contributed by atoms with van der Waals surface area (Å²) in [6.07, 6.45) is 0.178. The van der Waals surface area contributed by atoms with Crippen LogP contribution in [0.4, 0.5) is 5.69 Å². The first-order chi connectivity index (χ1) is 14.9. The van der Waals surface area contributed by atoms with Crippen molar-refractivity contribution in [2.24, 2.45) is 18.9 Å². The normalized spacial score (nSPS) is 17.4. The Morgan fingerprint density at radius 2 is 1.87 bits per heavy atom. The highest BCUT2D eigenvalue weighted by Gasteiger charge is 2.37. The minimum Gasteiger partial charge on any atom is -0.495 e. The van der Waals surface area contributed by atoms with Crippen LogP contribution < -0.4 is 15.0 Å². The molecule has 2 atom stereocenters. The van der Waals surface area contributed by atoms with Crippen LogP contribution in [0.25, 0.3) is 11.0 Å². The molecule has 0 bridgehead atoms. The van der Waals surface area contributed by atoms with Crippen LogP contribution in [0.3, 0.4) is 0 Å². The van der Waals surface area contributed by atoms with Crippen molar-refractivity contribution in [2.75, 3.05) is 18.6 Å². The Labute approximate surface area is 182 Å². The molecule has 1 aromatic heterocycles. The molecule has 1 saturated heterocycles. The lowest BCUT2D eigenvalue weighted by atomic mass is 10.0. The second-order valence-electron chi connectivity index (χ2n) is 8.33. The first-order valence-electron chi connectivity index (χ1n) is 10.6. The summed E-state index contributed by atoms with van der Waals surface area (Å²) in [6.45, 7) is 4.45. The summed E-state index contributed by atoms with van der Waals surface area (Å²) < 4.78 is 7.42. The Kier molecular flexibility index (Phi) is 5.67. The average Bonchev–Trinajstić information content (AvgIpc) is 3.32. The molecule has 1 aliphatic rings. The Bertz CT molecular complexity index is 1120. The van der Waals surface area contributed by atoms with Crippen molar-refractivity contribution in [1.29, 1.82) is 0 Å². The molecular formula is C24H28N4O3. The second-order valence-corrected chi connectivity index (χ2v) is 8.33. The van der Waals surface area contributed by atoms with Gasteiger partial charge in [-0.05, 0) is 30.2 Å². The van der Waals surface area contributed by atoms with E-state index in [4.69, 9.17) is 9.72 Å². The maximum atomic E-state index is 13.2. The van der Waals surface area contributed by atoms with Gasteiger partial charge >= 0.3 is 0 Å². The Hall–Kier alpha value is -3.35. The fourth-order valence-corrected chi connectivity index (χ4v) is 4.21. The highest BCUT2D eigenvalue weighted by Crippen LogP contribution is 2.33. The van der Waals surface area contributed by atoms with Crippen molar-refractivity contribution in [2.45, 2.75) is 26.3 Å². The number of hydrogen-bond acceptors (Lipinski definition) is 4. The number of carbonyl (C=O) groups excluding carboxylic acids is 2. The van der Waals surface area contributed by atoms with E-state index in [0.29, 0.717) is 18.0 Å². The summed E-state index contributed by atoms with van der Waals surface area (Å²) in [5, 5.41) is 3.17. The number of carbonyl (C=O) groups is 2. The standard InChI is InChI=1S/C24H28N4O3/c1-15(2)22(23-25-17-9-5-6-10-18(17)27(23)3)26-24(30)16-13-21(29)28(14-16)19-11-7-8-12-20(19)31-4/h5-12,15-16,22H,13-14H2,1-4H3,(H,26,30). The topological polar surface area (TPSA) is 76.5 Å². The van der Waals surface area contributed by atoms with E-state index in [0.717, 1.165) is 16.9 Å². The van der Waals surface area contributed by atoms with Gasteiger partial charge in [-0.1, -0.05) is 38.1 Å². The lowest BCUT2D eigenvalue weighted by Gasteiger charge is -2.24. The third kappa shape index (κ3) is 3.87. The smallest absolute Gasteiger partial charge is 0.227 e. The second kappa shape index (κ2) is 8.41. The number of nitrogens with zero attached hydrogens (tertiary/aromatic N) is 3. The van der Waals surface area contributed by atoms with Crippen molar-refractivity contribution < 1.29 is 14.3 Å². The quantitative estimate of drug-likeness (QED) is 0.663. The molecule has 0 aliphatic carbocycles. The highest BCUT2D eigenvalue weighted by molar-refractivity contribution is 6.01. The van der Waals surface area contributed by atoms with Crippen LogP contribution >= 0.6 is 0 Å². The van der Waals surface area contributed by atoms with Crippen LogP contribution in [0, 0.1) is 11.8 Å². The van der Waals surface area contributed by atoms with Crippen molar-refractivity contribution in [1.82, 2.24) is 14.9 Å². The SMILES string of the molecule is COc1ccccc1N1CC(C(=O)NC(c2nc3ccccc3n2C)C(C)C)CC1=O. The van der Waals surface area contributed by atoms with Crippen molar-refractivity contribution in [3.8, 4) is 5.75 Å². The third-order valence-corrected chi connectivity index (χ3v) is 5.94. The molecule has 1 aliphatic heterocycles. The van der Waals surface area contributed by atoms with Crippen molar-refractivity contribution in [3.63, 3.8) is 0 Å². The Morgan fingerprint density at radius 1 is 1.16 bits per heavy atom. The number of para-hydroxylation sites is 4. The van der Waals surface area contributed by atoms with E-state index in [1.165, 1.54) is 0 Å². The number of nitrogens with one attached hydrogen (secondary N) is 1. The van der Waals surface area contributed by atoms with Crippen molar-refractivity contribution in [3.05, 3.63) is 54.4 Å². The van der Waals surface area contributed by atoms with Crippen LogP contribution in [-0.4, -0.2) is 35.0 Å². The lowest BCUT2D eigenvalue weighted by molar-refractivity contribution is -0.127. The predicted octanol–water partition coefficient (Wildman–Crippen LogP) is 3.45. The molecule has 0 spiro atoms. The molecule has 7 nitrogen and oxygen atoms in total. The molecule has 2 heterocycles. The minimum absolute atomic E-state index is 0.0755. The van der Waals surface area contributed by atoms with Crippen molar-refractivity contribution >= 4 is 28.5 Å². The number of ether oxygens (including phenoxy) is 1. The van der Waals surface area contributed by atoms with E-state index in [-0.39, 0.29) is 30.2 Å². The number of fused-ring (bicyclic) bond motifs is 1. The largest absolute Gasteiger partial charge is 0.495 e. The van der Waals surface area contributed by atoms with Crippen LogP contribution in [0.15, 0.2) is 48.5 Å². The minimum atomic E-state index is -0.423. The summed E-state index contributed by atoms with van der Waals surface area (Å²) >= 11 is 0. The van der Waals surface area contributed by atoms with E-state index in [9.17, 15) is 9.59 Å². The number of hydrogen-bond donors (Lipinski definition) is 1. The number of imidazole rings is 1. The van der Waals surface area contributed by atoms with Gasteiger partial charge in [0, 0.05) is 20.0 Å². The molecule has 1 fully saturated rings.